The second-order valence-electron chi connectivity index (χ2n) is 3.56. The van der Waals surface area contributed by atoms with E-state index in [0.717, 1.165) is 12.8 Å². The minimum absolute atomic E-state index is 0.142. The molecule has 5 nitrogen and oxygen atoms in total. The molecule has 3 N–H and O–H groups in total. The van der Waals surface area contributed by atoms with Crippen molar-refractivity contribution in [2.24, 2.45) is 5.84 Å². The Hall–Kier alpha value is -1.47. The van der Waals surface area contributed by atoms with E-state index >= 15 is 0 Å². The molecule has 0 saturated heterocycles. The van der Waals surface area contributed by atoms with Crippen molar-refractivity contribution in [1.29, 1.82) is 0 Å². The monoisotopic (exact) mass is 261 g/mol. The molecule has 0 aliphatic carbocycles. The maximum atomic E-state index is 13.3. The van der Waals surface area contributed by atoms with E-state index in [2.05, 4.69) is 11.9 Å². The van der Waals surface area contributed by atoms with Crippen molar-refractivity contribution in [2.75, 3.05) is 25.2 Å². The zero-order chi connectivity index (χ0) is 13.4. The molecule has 0 bridgehead atoms. The number of nitrogens with two attached hydrogens (primary N) is 1. The standard InChI is InChI=1S/C11H17F2N3O2/c1-2-3-4-17-5-6-18-11-9(13)7-8(12)10(15-11)16-14/h7H,2-6,14H2,1H3,(H,15,16). The molecule has 0 amide bonds. The van der Waals surface area contributed by atoms with E-state index in [4.69, 9.17) is 15.3 Å². The molecule has 1 rings (SSSR count). The third-order valence-corrected chi connectivity index (χ3v) is 2.14. The molecule has 1 heterocycles. The summed E-state index contributed by atoms with van der Waals surface area (Å²) in [4.78, 5) is 3.56. The molecule has 1 aromatic heterocycles. The molecule has 18 heavy (non-hydrogen) atoms. The molecule has 0 aliphatic heterocycles. The second-order valence-corrected chi connectivity index (χ2v) is 3.56. The van der Waals surface area contributed by atoms with Crippen molar-refractivity contribution in [3.8, 4) is 5.88 Å². The van der Waals surface area contributed by atoms with Gasteiger partial charge in [0.15, 0.2) is 17.5 Å². The molecule has 0 saturated carbocycles. The van der Waals surface area contributed by atoms with Crippen molar-refractivity contribution in [2.45, 2.75) is 19.8 Å². The first-order valence-corrected chi connectivity index (χ1v) is 5.72. The van der Waals surface area contributed by atoms with E-state index in [1.807, 2.05) is 5.43 Å². The Bertz CT molecular complexity index is 378. The predicted molar refractivity (Wildman–Crippen MR) is 63.2 cm³/mol. The highest BCUT2D eigenvalue weighted by Gasteiger charge is 2.12. The Morgan fingerprint density at radius 2 is 2.06 bits per heavy atom. The van der Waals surface area contributed by atoms with E-state index in [9.17, 15) is 8.78 Å². The Kier molecular flexibility index (Phi) is 6.31. The van der Waals surface area contributed by atoms with Gasteiger partial charge in [-0.15, -0.1) is 0 Å². The lowest BCUT2D eigenvalue weighted by Gasteiger charge is -2.09. The van der Waals surface area contributed by atoms with E-state index in [-0.39, 0.29) is 18.3 Å². The highest BCUT2D eigenvalue weighted by molar-refractivity contribution is 5.38. The molecule has 0 aromatic carbocycles. The number of halogens is 2. The fraction of sp³-hybridized carbons (Fsp3) is 0.545. The summed E-state index contributed by atoms with van der Waals surface area (Å²) in [6.45, 7) is 3.15. The molecule has 0 aliphatic rings. The summed E-state index contributed by atoms with van der Waals surface area (Å²) in [7, 11) is 0. The van der Waals surface area contributed by atoms with Gasteiger partial charge in [-0.2, -0.15) is 4.98 Å². The summed E-state index contributed by atoms with van der Waals surface area (Å²) in [5.41, 5.74) is 2.02. The number of rotatable bonds is 8. The molecule has 0 unspecified atom stereocenters. The Morgan fingerprint density at radius 1 is 1.28 bits per heavy atom. The van der Waals surface area contributed by atoms with Crippen LogP contribution in [-0.2, 0) is 4.74 Å². The number of hydrazine groups is 1. The summed E-state index contributed by atoms with van der Waals surface area (Å²) >= 11 is 0. The summed E-state index contributed by atoms with van der Waals surface area (Å²) in [5.74, 6) is 2.71. The summed E-state index contributed by atoms with van der Waals surface area (Å²) < 4.78 is 36.6. The van der Waals surface area contributed by atoms with Crippen LogP contribution < -0.4 is 16.0 Å². The van der Waals surface area contributed by atoms with Crippen LogP contribution in [0, 0.1) is 11.6 Å². The molecule has 0 radical (unpaired) electrons. The van der Waals surface area contributed by atoms with Gasteiger partial charge in [-0.25, -0.2) is 14.6 Å². The molecular formula is C11H17F2N3O2. The van der Waals surface area contributed by atoms with Gasteiger partial charge in [-0.1, -0.05) is 13.3 Å². The predicted octanol–water partition coefficient (Wildman–Crippen LogP) is 1.84. The van der Waals surface area contributed by atoms with Crippen LogP contribution in [0.15, 0.2) is 6.07 Å². The lowest BCUT2D eigenvalue weighted by molar-refractivity contribution is 0.0949. The van der Waals surface area contributed by atoms with Gasteiger partial charge in [-0.05, 0) is 6.42 Å². The molecule has 0 fully saturated rings. The van der Waals surface area contributed by atoms with Gasteiger partial charge in [0.25, 0.3) is 5.88 Å². The number of hydrogen-bond acceptors (Lipinski definition) is 5. The fourth-order valence-electron chi connectivity index (χ4n) is 1.20. The van der Waals surface area contributed by atoms with E-state index < -0.39 is 11.6 Å². The van der Waals surface area contributed by atoms with Crippen LogP contribution in [-0.4, -0.2) is 24.8 Å². The maximum absolute atomic E-state index is 13.3. The van der Waals surface area contributed by atoms with Gasteiger partial charge in [0.1, 0.15) is 6.61 Å². The van der Waals surface area contributed by atoms with Crippen LogP contribution in [0.25, 0.3) is 0 Å². The SMILES string of the molecule is CCCCOCCOc1nc(NN)c(F)cc1F. The van der Waals surface area contributed by atoms with Gasteiger partial charge in [0, 0.05) is 12.7 Å². The molecule has 1 aromatic rings. The summed E-state index contributed by atoms with van der Waals surface area (Å²) in [5, 5.41) is 0. The number of nitrogens with zero attached hydrogens (tertiary/aromatic N) is 1. The molecule has 7 heteroatoms. The van der Waals surface area contributed by atoms with Gasteiger partial charge < -0.3 is 14.9 Å². The smallest absolute Gasteiger partial charge is 0.252 e. The van der Waals surface area contributed by atoms with Crippen molar-refractivity contribution in [3.05, 3.63) is 17.7 Å². The Labute approximate surface area is 104 Å². The van der Waals surface area contributed by atoms with Gasteiger partial charge in [0.2, 0.25) is 0 Å². The number of ether oxygens (including phenoxy) is 2. The van der Waals surface area contributed by atoms with Gasteiger partial charge in [-0.3, -0.25) is 0 Å². The number of pyridine rings is 1. The third kappa shape index (κ3) is 4.42. The van der Waals surface area contributed by atoms with Crippen LogP contribution in [0.4, 0.5) is 14.6 Å². The topological polar surface area (TPSA) is 69.4 Å². The number of aromatic nitrogens is 1. The number of nitrogens with one attached hydrogen (secondary N) is 1. The number of nitrogen functional groups attached to an aromatic ring is 1. The number of anilines is 1. The Morgan fingerprint density at radius 3 is 2.72 bits per heavy atom. The average Bonchev–Trinajstić information content (AvgIpc) is 2.36. The van der Waals surface area contributed by atoms with Gasteiger partial charge in [0.05, 0.1) is 6.61 Å². The van der Waals surface area contributed by atoms with Crippen molar-refractivity contribution >= 4 is 5.82 Å². The Balaban J connectivity index is 2.42. The first-order chi connectivity index (χ1) is 8.69. The fourth-order valence-corrected chi connectivity index (χ4v) is 1.20. The summed E-state index contributed by atoms with van der Waals surface area (Å²) in [6, 6.07) is 0.662. The first-order valence-electron chi connectivity index (χ1n) is 5.72. The van der Waals surface area contributed by atoms with Crippen molar-refractivity contribution in [3.63, 3.8) is 0 Å². The van der Waals surface area contributed by atoms with E-state index in [1.54, 1.807) is 0 Å². The van der Waals surface area contributed by atoms with Gasteiger partial charge >= 0.3 is 0 Å². The quantitative estimate of drug-likeness (QED) is 0.424. The minimum atomic E-state index is -0.875. The first kappa shape index (κ1) is 14.6. The lowest BCUT2D eigenvalue weighted by Crippen LogP contribution is -2.14. The van der Waals surface area contributed by atoms with Crippen LogP contribution in [0.1, 0.15) is 19.8 Å². The third-order valence-electron chi connectivity index (χ3n) is 2.14. The van der Waals surface area contributed by atoms with Crippen LogP contribution in [0.2, 0.25) is 0 Å². The molecule has 0 spiro atoms. The largest absolute Gasteiger partial charge is 0.473 e. The second kappa shape index (κ2) is 7.78. The van der Waals surface area contributed by atoms with Crippen LogP contribution in [0.3, 0.4) is 0 Å². The lowest BCUT2D eigenvalue weighted by atomic mass is 10.4. The zero-order valence-electron chi connectivity index (χ0n) is 10.2. The number of hydrogen-bond donors (Lipinski definition) is 2. The maximum Gasteiger partial charge on any atom is 0.252 e. The van der Waals surface area contributed by atoms with E-state index in [0.29, 0.717) is 19.3 Å². The molecular weight excluding hydrogens is 244 g/mol. The van der Waals surface area contributed by atoms with Crippen molar-refractivity contribution in [1.82, 2.24) is 4.98 Å². The highest BCUT2D eigenvalue weighted by Crippen LogP contribution is 2.19. The minimum Gasteiger partial charge on any atom is -0.473 e. The number of unbranched alkanes of at least 4 members (excludes halogenated alkanes) is 1. The normalized spacial score (nSPS) is 10.4. The van der Waals surface area contributed by atoms with Crippen molar-refractivity contribution < 1.29 is 18.3 Å². The average molecular weight is 261 g/mol. The summed E-state index contributed by atoms with van der Waals surface area (Å²) in [6.07, 6.45) is 2.00. The van der Waals surface area contributed by atoms with E-state index in [1.165, 1.54) is 0 Å². The van der Waals surface area contributed by atoms with Crippen LogP contribution >= 0.6 is 0 Å². The van der Waals surface area contributed by atoms with Crippen LogP contribution in [0.5, 0.6) is 5.88 Å². The highest BCUT2D eigenvalue weighted by atomic mass is 19.1. The molecule has 0 atom stereocenters. The molecule has 102 valence electrons. The zero-order valence-corrected chi connectivity index (χ0v) is 10.2.